The van der Waals surface area contributed by atoms with Crippen LogP contribution in [0.25, 0.3) is 0 Å². The SMILES string of the molecule is C=NN(C(=C)CBr)C1CCOC1. The lowest BCUT2D eigenvalue weighted by molar-refractivity contribution is 0.165. The molecular weight excluding hydrogens is 220 g/mol. The number of ether oxygens (including phenoxy) is 1. The predicted molar refractivity (Wildman–Crippen MR) is 53.5 cm³/mol. The van der Waals surface area contributed by atoms with E-state index in [4.69, 9.17) is 4.74 Å². The molecule has 4 heteroatoms. The summed E-state index contributed by atoms with van der Waals surface area (Å²) in [4.78, 5) is 0. The second-order valence-electron chi connectivity index (χ2n) is 2.70. The molecule has 1 aliphatic rings. The Kier molecular flexibility index (Phi) is 3.75. The molecule has 12 heavy (non-hydrogen) atoms. The predicted octanol–water partition coefficient (Wildman–Crippen LogP) is 1.60. The number of rotatable bonds is 4. The fraction of sp³-hybridized carbons (Fsp3) is 0.625. The standard InChI is InChI=1S/C8H13BrN2O/c1-7(5-9)11(10-2)8-3-4-12-6-8/h8H,1-6H2. The number of nitrogens with zero attached hydrogens (tertiary/aromatic N) is 2. The smallest absolute Gasteiger partial charge is 0.0777 e. The molecule has 0 bridgehead atoms. The number of hydrogen-bond donors (Lipinski definition) is 0. The van der Waals surface area contributed by atoms with Crippen LogP contribution in [0.3, 0.4) is 0 Å². The molecule has 0 radical (unpaired) electrons. The Morgan fingerprint density at radius 1 is 1.75 bits per heavy atom. The fourth-order valence-electron chi connectivity index (χ4n) is 1.25. The number of hydrogen-bond acceptors (Lipinski definition) is 3. The van der Waals surface area contributed by atoms with Crippen molar-refractivity contribution in [3.05, 3.63) is 12.3 Å². The van der Waals surface area contributed by atoms with Gasteiger partial charge in [0.1, 0.15) is 0 Å². The number of allylic oxidation sites excluding steroid dienone is 1. The van der Waals surface area contributed by atoms with Crippen molar-refractivity contribution in [1.82, 2.24) is 5.01 Å². The van der Waals surface area contributed by atoms with Gasteiger partial charge < -0.3 is 4.74 Å². The topological polar surface area (TPSA) is 24.8 Å². The molecule has 0 aromatic carbocycles. The maximum Gasteiger partial charge on any atom is 0.0777 e. The van der Waals surface area contributed by atoms with E-state index in [0.29, 0.717) is 6.04 Å². The van der Waals surface area contributed by atoms with Crippen LogP contribution in [0.1, 0.15) is 6.42 Å². The minimum Gasteiger partial charge on any atom is -0.379 e. The van der Waals surface area contributed by atoms with E-state index in [1.165, 1.54) is 0 Å². The van der Waals surface area contributed by atoms with E-state index in [1.807, 2.05) is 5.01 Å². The van der Waals surface area contributed by atoms with Gasteiger partial charge in [-0.25, -0.2) is 0 Å². The molecule has 0 aromatic rings. The lowest BCUT2D eigenvalue weighted by Crippen LogP contribution is -2.30. The molecule has 1 fully saturated rings. The molecule has 68 valence electrons. The average molecular weight is 233 g/mol. The van der Waals surface area contributed by atoms with E-state index in [0.717, 1.165) is 30.7 Å². The van der Waals surface area contributed by atoms with Crippen molar-refractivity contribution in [2.24, 2.45) is 5.10 Å². The van der Waals surface area contributed by atoms with Crippen molar-refractivity contribution in [3.63, 3.8) is 0 Å². The molecule has 1 heterocycles. The first-order valence-corrected chi connectivity index (χ1v) is 4.99. The summed E-state index contributed by atoms with van der Waals surface area (Å²) in [5, 5.41) is 6.47. The second-order valence-corrected chi connectivity index (χ2v) is 3.26. The van der Waals surface area contributed by atoms with Crippen molar-refractivity contribution in [1.29, 1.82) is 0 Å². The van der Waals surface area contributed by atoms with Gasteiger partial charge in [0.2, 0.25) is 0 Å². The van der Waals surface area contributed by atoms with Crippen LogP contribution >= 0.6 is 15.9 Å². The molecule has 0 N–H and O–H groups in total. The van der Waals surface area contributed by atoms with E-state index >= 15 is 0 Å². The first kappa shape index (κ1) is 9.74. The zero-order chi connectivity index (χ0) is 8.97. The van der Waals surface area contributed by atoms with Gasteiger partial charge in [0, 0.05) is 24.4 Å². The lowest BCUT2D eigenvalue weighted by atomic mass is 10.2. The number of halogens is 1. The molecule has 3 nitrogen and oxygen atoms in total. The van der Waals surface area contributed by atoms with Crippen molar-refractivity contribution in [2.75, 3.05) is 18.5 Å². The zero-order valence-electron chi connectivity index (χ0n) is 7.00. The average Bonchev–Trinajstić information content (AvgIpc) is 2.58. The van der Waals surface area contributed by atoms with Crippen LogP contribution in [-0.2, 0) is 4.74 Å². The first-order chi connectivity index (χ1) is 5.79. The molecule has 1 unspecified atom stereocenters. The van der Waals surface area contributed by atoms with E-state index in [-0.39, 0.29) is 0 Å². The molecule has 0 aromatic heterocycles. The van der Waals surface area contributed by atoms with E-state index in [1.54, 1.807) is 0 Å². The molecule has 0 aliphatic carbocycles. The van der Waals surface area contributed by atoms with Crippen molar-refractivity contribution in [3.8, 4) is 0 Å². The Labute approximate surface area is 81.2 Å². The summed E-state index contributed by atoms with van der Waals surface area (Å²) in [7, 11) is 0. The highest BCUT2D eigenvalue weighted by Gasteiger charge is 2.22. The van der Waals surface area contributed by atoms with E-state index in [9.17, 15) is 0 Å². The van der Waals surface area contributed by atoms with Gasteiger partial charge >= 0.3 is 0 Å². The third-order valence-electron chi connectivity index (χ3n) is 1.88. The number of alkyl halides is 1. The van der Waals surface area contributed by atoms with Gasteiger partial charge in [0.05, 0.1) is 12.6 Å². The van der Waals surface area contributed by atoms with Gasteiger partial charge in [-0.1, -0.05) is 22.5 Å². The Morgan fingerprint density at radius 2 is 2.50 bits per heavy atom. The summed E-state index contributed by atoms with van der Waals surface area (Å²) < 4.78 is 5.25. The third kappa shape index (κ3) is 2.08. The molecule has 0 saturated carbocycles. The minimum absolute atomic E-state index is 0.326. The monoisotopic (exact) mass is 232 g/mol. The molecule has 0 spiro atoms. The summed E-state index contributed by atoms with van der Waals surface area (Å²) in [6, 6.07) is 0.326. The van der Waals surface area contributed by atoms with Crippen LogP contribution in [0.2, 0.25) is 0 Å². The van der Waals surface area contributed by atoms with Gasteiger partial charge in [0.25, 0.3) is 0 Å². The summed E-state index contributed by atoms with van der Waals surface area (Å²) in [5.41, 5.74) is 0.931. The molecule has 1 aliphatic heterocycles. The minimum atomic E-state index is 0.326. The number of hydrazone groups is 1. The van der Waals surface area contributed by atoms with Gasteiger partial charge in [-0.05, 0) is 6.42 Å². The normalized spacial score (nSPS) is 22.2. The highest BCUT2D eigenvalue weighted by molar-refractivity contribution is 9.09. The van der Waals surface area contributed by atoms with E-state index in [2.05, 4.69) is 34.3 Å². The quantitative estimate of drug-likeness (QED) is 0.418. The first-order valence-electron chi connectivity index (χ1n) is 3.87. The third-order valence-corrected chi connectivity index (χ3v) is 2.53. The maximum atomic E-state index is 5.25. The van der Waals surface area contributed by atoms with Gasteiger partial charge in [-0.2, -0.15) is 5.10 Å². The van der Waals surface area contributed by atoms with Crippen LogP contribution in [0.15, 0.2) is 17.4 Å². The van der Waals surface area contributed by atoms with Crippen LogP contribution in [-0.4, -0.2) is 36.3 Å². The van der Waals surface area contributed by atoms with Crippen LogP contribution < -0.4 is 0 Å². The largest absolute Gasteiger partial charge is 0.379 e. The van der Waals surface area contributed by atoms with Gasteiger partial charge in [0.15, 0.2) is 0 Å². The second kappa shape index (κ2) is 4.62. The summed E-state index contributed by atoms with van der Waals surface area (Å²) in [6.45, 7) is 8.93. The van der Waals surface area contributed by atoms with Crippen molar-refractivity contribution < 1.29 is 4.74 Å². The summed E-state index contributed by atoms with van der Waals surface area (Å²) >= 11 is 3.33. The molecule has 0 amide bonds. The Balaban J connectivity index is 2.54. The van der Waals surface area contributed by atoms with Crippen molar-refractivity contribution >= 4 is 22.6 Å². The van der Waals surface area contributed by atoms with Crippen LogP contribution in [0, 0.1) is 0 Å². The highest BCUT2D eigenvalue weighted by Crippen LogP contribution is 2.17. The molecule has 1 saturated heterocycles. The lowest BCUT2D eigenvalue weighted by Gasteiger charge is -2.24. The van der Waals surface area contributed by atoms with Crippen molar-refractivity contribution in [2.45, 2.75) is 12.5 Å². The Hall–Kier alpha value is -0.350. The maximum absolute atomic E-state index is 5.25. The van der Waals surface area contributed by atoms with E-state index < -0.39 is 0 Å². The molecule has 1 rings (SSSR count). The molecule has 1 atom stereocenters. The summed E-state index contributed by atoms with van der Waals surface area (Å²) in [5.74, 6) is 0. The van der Waals surface area contributed by atoms with Gasteiger partial charge in [-0.15, -0.1) is 0 Å². The molecular formula is C8H13BrN2O. The fourth-order valence-corrected chi connectivity index (χ4v) is 1.51. The van der Waals surface area contributed by atoms with Gasteiger partial charge in [-0.3, -0.25) is 5.01 Å². The summed E-state index contributed by atoms with van der Waals surface area (Å²) in [6.07, 6.45) is 1.01. The Morgan fingerprint density at radius 3 is 2.92 bits per heavy atom. The highest BCUT2D eigenvalue weighted by atomic mass is 79.9. The van der Waals surface area contributed by atoms with Crippen LogP contribution in [0.5, 0.6) is 0 Å². The zero-order valence-corrected chi connectivity index (χ0v) is 8.59. The Bertz CT molecular complexity index is 178. The van der Waals surface area contributed by atoms with Crippen LogP contribution in [0.4, 0.5) is 0 Å².